The molecule has 1 aliphatic rings. The molecule has 12 nitrogen and oxygen atoms in total. The van der Waals surface area contributed by atoms with Crippen LogP contribution in [0.15, 0.2) is 64.8 Å². The van der Waals surface area contributed by atoms with Gasteiger partial charge in [-0.1, -0.05) is 18.2 Å². The molecule has 15 heteroatoms. The van der Waals surface area contributed by atoms with E-state index >= 15 is 0 Å². The summed E-state index contributed by atoms with van der Waals surface area (Å²) in [7, 11) is 6.36. The summed E-state index contributed by atoms with van der Waals surface area (Å²) in [4.78, 5) is 44.0. The maximum atomic E-state index is 14.0. The Morgan fingerprint density at radius 3 is 2.36 bits per heavy atom. The van der Waals surface area contributed by atoms with Crippen molar-refractivity contribution < 1.29 is 32.2 Å². The highest BCUT2D eigenvalue weighted by atomic mass is 19.4. The van der Waals surface area contributed by atoms with Gasteiger partial charge in [0, 0.05) is 25.8 Å². The maximum absolute atomic E-state index is 14.0. The van der Waals surface area contributed by atoms with E-state index in [0.717, 1.165) is 28.5 Å². The van der Waals surface area contributed by atoms with Crippen LogP contribution in [0.1, 0.15) is 29.7 Å². The SMILES string of the molecule is COC(=O)OC1=C(C)N(c2cccc(C(F)(F)F)c2)c2nn(CC(=O)N(C)CCN(C)C)c(=O)n2C1c1ccc(C#N)cc1. The van der Waals surface area contributed by atoms with Crippen LogP contribution in [-0.2, 0) is 27.0 Å². The molecule has 1 aliphatic heterocycles. The number of methoxy groups -OCH3 is 1. The molecule has 0 spiro atoms. The lowest BCUT2D eigenvalue weighted by Gasteiger charge is -2.35. The molecular weight excluding hydrogens is 583 g/mol. The van der Waals surface area contributed by atoms with Crippen LogP contribution in [0.25, 0.3) is 0 Å². The van der Waals surface area contributed by atoms with Crippen LogP contribution >= 0.6 is 0 Å². The van der Waals surface area contributed by atoms with Crippen molar-refractivity contribution in [1.29, 1.82) is 5.26 Å². The van der Waals surface area contributed by atoms with Gasteiger partial charge in [-0.25, -0.2) is 18.8 Å². The molecule has 44 heavy (non-hydrogen) atoms. The number of fused-ring (bicyclic) bond motifs is 1. The van der Waals surface area contributed by atoms with E-state index in [-0.39, 0.29) is 23.1 Å². The Morgan fingerprint density at radius 2 is 1.77 bits per heavy atom. The predicted molar refractivity (Wildman–Crippen MR) is 152 cm³/mol. The Bertz CT molecular complexity index is 1690. The molecule has 232 valence electrons. The normalized spacial score (nSPS) is 14.7. The third kappa shape index (κ3) is 6.45. The minimum absolute atomic E-state index is 0.0330. The van der Waals surface area contributed by atoms with Crippen LogP contribution in [0.2, 0.25) is 0 Å². The number of hydrogen-bond donors (Lipinski definition) is 0. The fraction of sp³-hybridized carbons (Fsp3) is 0.345. The van der Waals surface area contributed by atoms with Gasteiger partial charge in [0.2, 0.25) is 11.9 Å². The average Bonchev–Trinajstić information content (AvgIpc) is 3.30. The summed E-state index contributed by atoms with van der Waals surface area (Å²) in [5.74, 6) is -0.689. The zero-order chi connectivity index (χ0) is 32.3. The number of rotatable bonds is 8. The molecule has 1 unspecified atom stereocenters. The van der Waals surface area contributed by atoms with E-state index in [1.165, 1.54) is 41.0 Å². The van der Waals surface area contributed by atoms with Crippen molar-refractivity contribution in [2.75, 3.05) is 46.2 Å². The van der Waals surface area contributed by atoms with Gasteiger partial charge in [-0.15, -0.1) is 5.10 Å². The number of aromatic nitrogens is 3. The Morgan fingerprint density at radius 1 is 1.09 bits per heavy atom. The number of carbonyl (C=O) groups excluding carboxylic acids is 2. The number of ether oxygens (including phenoxy) is 2. The highest BCUT2D eigenvalue weighted by molar-refractivity contribution is 5.76. The Labute approximate surface area is 250 Å². The van der Waals surface area contributed by atoms with Gasteiger partial charge in [0.25, 0.3) is 0 Å². The molecule has 2 aromatic carbocycles. The number of amides is 1. The number of halogens is 3. The fourth-order valence-electron chi connectivity index (χ4n) is 4.62. The zero-order valence-electron chi connectivity index (χ0n) is 24.6. The second-order valence-electron chi connectivity index (χ2n) is 10.3. The molecule has 2 heterocycles. The van der Waals surface area contributed by atoms with E-state index in [1.807, 2.05) is 25.1 Å². The molecule has 1 atom stereocenters. The molecule has 4 rings (SSSR count). The number of alkyl halides is 3. The Balaban J connectivity index is 1.95. The van der Waals surface area contributed by atoms with Gasteiger partial charge in [0.1, 0.15) is 12.6 Å². The van der Waals surface area contributed by atoms with Crippen molar-refractivity contribution in [3.63, 3.8) is 0 Å². The topological polar surface area (TPSA) is 126 Å². The van der Waals surface area contributed by atoms with Crippen molar-refractivity contribution >= 4 is 23.7 Å². The van der Waals surface area contributed by atoms with Crippen molar-refractivity contribution in [3.8, 4) is 6.07 Å². The lowest BCUT2D eigenvalue weighted by atomic mass is 10.00. The number of hydrogen-bond acceptors (Lipinski definition) is 9. The third-order valence-corrected chi connectivity index (χ3v) is 6.99. The second-order valence-corrected chi connectivity index (χ2v) is 10.3. The highest BCUT2D eigenvalue weighted by Gasteiger charge is 2.40. The summed E-state index contributed by atoms with van der Waals surface area (Å²) in [5, 5.41) is 13.7. The molecule has 0 bridgehead atoms. The monoisotopic (exact) mass is 613 g/mol. The van der Waals surface area contributed by atoms with Gasteiger partial charge >= 0.3 is 18.0 Å². The van der Waals surface area contributed by atoms with Gasteiger partial charge in [0.05, 0.1) is 30.0 Å². The molecule has 1 aromatic heterocycles. The van der Waals surface area contributed by atoms with Crippen molar-refractivity contribution in [3.05, 3.63) is 87.2 Å². The van der Waals surface area contributed by atoms with E-state index in [2.05, 4.69) is 5.10 Å². The smallest absolute Gasteiger partial charge is 0.437 e. The molecular formula is C29H30F3N7O5. The molecule has 0 fully saturated rings. The average molecular weight is 614 g/mol. The number of nitrogens with zero attached hydrogens (tertiary/aromatic N) is 7. The summed E-state index contributed by atoms with van der Waals surface area (Å²) in [6.07, 6.45) is -5.81. The van der Waals surface area contributed by atoms with E-state index in [1.54, 1.807) is 19.2 Å². The van der Waals surface area contributed by atoms with Gasteiger partial charge in [-0.2, -0.15) is 18.4 Å². The quantitative estimate of drug-likeness (QED) is 0.350. The highest BCUT2D eigenvalue weighted by Crippen LogP contribution is 2.43. The van der Waals surface area contributed by atoms with Crippen LogP contribution in [-0.4, -0.2) is 77.6 Å². The van der Waals surface area contributed by atoms with Crippen molar-refractivity contribution in [1.82, 2.24) is 24.1 Å². The standard InChI is InChI=1S/C29H30F3N7O5/c1-18-25(44-28(42)43-5)24(20-11-9-19(16-33)10-12-20)39-26(38(18)22-8-6-7-21(15-22)29(30,31)32)34-37(27(39)41)17-23(40)36(4)14-13-35(2)3/h6-12,15,24H,13-14,17H2,1-5H3. The minimum Gasteiger partial charge on any atom is -0.437 e. The van der Waals surface area contributed by atoms with E-state index in [0.29, 0.717) is 24.2 Å². The van der Waals surface area contributed by atoms with Crippen LogP contribution in [0, 0.1) is 11.3 Å². The van der Waals surface area contributed by atoms with E-state index in [4.69, 9.17) is 9.47 Å². The van der Waals surface area contributed by atoms with E-state index in [9.17, 15) is 32.8 Å². The first-order valence-electron chi connectivity index (χ1n) is 13.3. The third-order valence-electron chi connectivity index (χ3n) is 6.99. The summed E-state index contributed by atoms with van der Waals surface area (Å²) < 4.78 is 53.4. The number of likely N-dealkylation sites (N-methyl/N-ethyl adjacent to an activating group) is 2. The maximum Gasteiger partial charge on any atom is 0.513 e. The van der Waals surface area contributed by atoms with Gasteiger partial charge in [-0.05, 0) is 56.9 Å². The van der Waals surface area contributed by atoms with Gasteiger partial charge in [0.15, 0.2) is 5.76 Å². The molecule has 0 aliphatic carbocycles. The molecule has 3 aromatic rings. The molecule has 0 saturated carbocycles. The van der Waals surface area contributed by atoms with Crippen LogP contribution < -0.4 is 10.6 Å². The summed E-state index contributed by atoms with van der Waals surface area (Å²) in [5.41, 5.74) is -0.945. The van der Waals surface area contributed by atoms with Gasteiger partial charge < -0.3 is 19.3 Å². The minimum atomic E-state index is -4.68. The predicted octanol–water partition coefficient (Wildman–Crippen LogP) is 3.71. The number of anilines is 2. The van der Waals surface area contributed by atoms with Crippen molar-refractivity contribution in [2.24, 2.45) is 0 Å². The van der Waals surface area contributed by atoms with E-state index < -0.39 is 42.1 Å². The largest absolute Gasteiger partial charge is 0.513 e. The fourth-order valence-corrected chi connectivity index (χ4v) is 4.62. The Kier molecular flexibility index (Phi) is 9.14. The molecule has 0 N–H and O–H groups in total. The summed E-state index contributed by atoms with van der Waals surface area (Å²) in [6.45, 7) is 1.96. The number of nitriles is 1. The number of carbonyl (C=O) groups is 2. The summed E-state index contributed by atoms with van der Waals surface area (Å²) >= 11 is 0. The zero-order valence-corrected chi connectivity index (χ0v) is 24.6. The molecule has 0 radical (unpaired) electrons. The van der Waals surface area contributed by atoms with Crippen LogP contribution in [0.4, 0.5) is 29.6 Å². The molecule has 0 saturated heterocycles. The number of benzene rings is 2. The lowest BCUT2D eigenvalue weighted by molar-refractivity contribution is -0.137. The Hall–Kier alpha value is -5.10. The van der Waals surface area contributed by atoms with Crippen LogP contribution in [0.3, 0.4) is 0 Å². The molecule has 1 amide bonds. The second kappa shape index (κ2) is 12.6. The first-order chi connectivity index (χ1) is 20.8. The van der Waals surface area contributed by atoms with Gasteiger partial charge in [-0.3, -0.25) is 9.69 Å². The summed E-state index contributed by atoms with van der Waals surface area (Å²) in [6, 6.07) is 11.3. The first-order valence-corrected chi connectivity index (χ1v) is 13.3. The first kappa shape index (κ1) is 31.8. The van der Waals surface area contributed by atoms with Crippen molar-refractivity contribution in [2.45, 2.75) is 25.7 Å². The number of allylic oxidation sites excluding steroid dienone is 2. The van der Waals surface area contributed by atoms with Crippen LogP contribution in [0.5, 0.6) is 0 Å². The lowest BCUT2D eigenvalue weighted by Crippen LogP contribution is -2.40.